The van der Waals surface area contributed by atoms with Gasteiger partial charge in [-0.25, -0.2) is 0 Å². The topological polar surface area (TPSA) is 71.0 Å². The first-order chi connectivity index (χ1) is 13.5. The maximum absolute atomic E-state index is 12.3. The van der Waals surface area contributed by atoms with E-state index < -0.39 is 6.10 Å². The van der Waals surface area contributed by atoms with Gasteiger partial charge in [0.25, 0.3) is 0 Å². The number of carbonyl (C=O) groups is 1. The van der Waals surface area contributed by atoms with Crippen LogP contribution in [0.25, 0.3) is 0 Å². The number of ether oxygens (including phenoxy) is 2. The van der Waals surface area contributed by atoms with Gasteiger partial charge in [0, 0.05) is 42.5 Å². The van der Waals surface area contributed by atoms with Gasteiger partial charge < -0.3 is 24.8 Å². The monoisotopic (exact) mass is 386 g/mol. The van der Waals surface area contributed by atoms with Crippen molar-refractivity contribution < 1.29 is 19.4 Å². The van der Waals surface area contributed by atoms with Crippen LogP contribution in [-0.2, 0) is 4.79 Å². The number of methoxy groups -OCH3 is 2. The highest BCUT2D eigenvalue weighted by Gasteiger charge is 2.16. The summed E-state index contributed by atoms with van der Waals surface area (Å²) >= 11 is 0. The van der Waals surface area contributed by atoms with Gasteiger partial charge >= 0.3 is 0 Å². The van der Waals surface area contributed by atoms with Gasteiger partial charge in [-0.3, -0.25) is 4.79 Å². The van der Waals surface area contributed by atoms with Crippen LogP contribution in [0.3, 0.4) is 0 Å². The van der Waals surface area contributed by atoms with Crippen molar-refractivity contribution in [3.8, 4) is 11.5 Å². The molecule has 0 fully saturated rings. The zero-order valence-electron chi connectivity index (χ0n) is 17.1. The van der Waals surface area contributed by atoms with Gasteiger partial charge in [0.05, 0.1) is 20.3 Å². The van der Waals surface area contributed by atoms with E-state index in [0.29, 0.717) is 23.5 Å². The Balaban J connectivity index is 1.91. The Labute approximate surface area is 167 Å². The summed E-state index contributed by atoms with van der Waals surface area (Å²) < 4.78 is 10.5. The summed E-state index contributed by atoms with van der Waals surface area (Å²) in [4.78, 5) is 14.5. The Kier molecular flexibility index (Phi) is 8.14. The Morgan fingerprint density at radius 3 is 2.32 bits per heavy atom. The third-order valence-electron chi connectivity index (χ3n) is 4.72. The van der Waals surface area contributed by atoms with Crippen molar-refractivity contribution in [2.75, 3.05) is 37.5 Å². The second-order valence-corrected chi connectivity index (χ2v) is 6.43. The van der Waals surface area contributed by atoms with Crippen LogP contribution in [0, 0.1) is 0 Å². The lowest BCUT2D eigenvalue weighted by atomic mass is 10.0. The van der Waals surface area contributed by atoms with Crippen LogP contribution in [0.4, 0.5) is 11.4 Å². The number of benzene rings is 2. The fourth-order valence-electron chi connectivity index (χ4n) is 3.08. The van der Waals surface area contributed by atoms with Gasteiger partial charge in [0.15, 0.2) is 0 Å². The Morgan fingerprint density at radius 1 is 1.07 bits per heavy atom. The lowest BCUT2D eigenvalue weighted by Crippen LogP contribution is -2.21. The number of nitrogens with zero attached hydrogens (tertiary/aromatic N) is 1. The van der Waals surface area contributed by atoms with Crippen LogP contribution < -0.4 is 19.7 Å². The number of hydrogen-bond donors (Lipinski definition) is 2. The molecule has 0 heterocycles. The van der Waals surface area contributed by atoms with E-state index in [4.69, 9.17) is 9.47 Å². The molecule has 2 aromatic carbocycles. The van der Waals surface area contributed by atoms with Crippen LogP contribution in [0.15, 0.2) is 42.5 Å². The minimum absolute atomic E-state index is 0.137. The SMILES string of the molecule is CCN(CC)c1ccc(NC(=O)CCC(O)c2ccc(OC)cc2OC)cc1. The second kappa shape index (κ2) is 10.6. The molecule has 1 atom stereocenters. The first kappa shape index (κ1) is 21.6. The van der Waals surface area contributed by atoms with Crippen molar-refractivity contribution in [2.24, 2.45) is 0 Å². The van der Waals surface area contributed by atoms with Crippen molar-refractivity contribution in [3.05, 3.63) is 48.0 Å². The maximum Gasteiger partial charge on any atom is 0.224 e. The number of anilines is 2. The van der Waals surface area contributed by atoms with Crippen molar-refractivity contribution in [1.82, 2.24) is 0 Å². The van der Waals surface area contributed by atoms with E-state index in [0.717, 1.165) is 24.5 Å². The first-order valence-electron chi connectivity index (χ1n) is 9.57. The highest BCUT2D eigenvalue weighted by molar-refractivity contribution is 5.90. The molecule has 2 rings (SSSR count). The lowest BCUT2D eigenvalue weighted by Gasteiger charge is -2.21. The summed E-state index contributed by atoms with van der Waals surface area (Å²) in [5.41, 5.74) is 2.52. The Morgan fingerprint density at radius 2 is 1.75 bits per heavy atom. The third kappa shape index (κ3) is 5.63. The molecular weight excluding hydrogens is 356 g/mol. The molecule has 0 radical (unpaired) electrons. The van der Waals surface area contributed by atoms with Crippen LogP contribution in [0.2, 0.25) is 0 Å². The van der Waals surface area contributed by atoms with E-state index in [2.05, 4.69) is 24.1 Å². The quantitative estimate of drug-likeness (QED) is 0.646. The van der Waals surface area contributed by atoms with Crippen LogP contribution in [-0.4, -0.2) is 38.3 Å². The molecule has 6 nitrogen and oxygen atoms in total. The van der Waals surface area contributed by atoms with E-state index >= 15 is 0 Å². The molecule has 1 unspecified atom stereocenters. The summed E-state index contributed by atoms with van der Waals surface area (Å²) in [6, 6.07) is 13.0. The fraction of sp³-hybridized carbons (Fsp3) is 0.409. The highest BCUT2D eigenvalue weighted by atomic mass is 16.5. The lowest BCUT2D eigenvalue weighted by molar-refractivity contribution is -0.116. The number of aliphatic hydroxyl groups is 1. The normalized spacial score (nSPS) is 11.6. The van der Waals surface area contributed by atoms with Gasteiger partial charge in [0.2, 0.25) is 5.91 Å². The number of carbonyl (C=O) groups excluding carboxylic acids is 1. The average molecular weight is 386 g/mol. The number of aliphatic hydroxyl groups excluding tert-OH is 1. The molecule has 6 heteroatoms. The van der Waals surface area contributed by atoms with Crippen molar-refractivity contribution in [2.45, 2.75) is 32.8 Å². The predicted octanol–water partition coefficient (Wildman–Crippen LogP) is 4.00. The summed E-state index contributed by atoms with van der Waals surface area (Å²) in [5.74, 6) is 1.06. The molecule has 0 aliphatic rings. The minimum atomic E-state index is -0.795. The Hall–Kier alpha value is -2.73. The highest BCUT2D eigenvalue weighted by Crippen LogP contribution is 2.31. The van der Waals surface area contributed by atoms with E-state index in [1.165, 1.54) is 0 Å². The summed E-state index contributed by atoms with van der Waals surface area (Å²) in [5, 5.41) is 13.3. The van der Waals surface area contributed by atoms with Crippen LogP contribution >= 0.6 is 0 Å². The Bertz CT molecular complexity index is 758. The summed E-state index contributed by atoms with van der Waals surface area (Å²) in [7, 11) is 3.11. The molecule has 2 N–H and O–H groups in total. The van der Waals surface area contributed by atoms with Gasteiger partial charge in [-0.05, 0) is 56.7 Å². The zero-order valence-corrected chi connectivity index (χ0v) is 17.1. The molecule has 0 aliphatic carbocycles. The van der Waals surface area contributed by atoms with E-state index in [-0.39, 0.29) is 12.3 Å². The number of amides is 1. The molecule has 0 saturated heterocycles. The van der Waals surface area contributed by atoms with Crippen LogP contribution in [0.5, 0.6) is 11.5 Å². The molecule has 2 aromatic rings. The zero-order chi connectivity index (χ0) is 20.5. The van der Waals surface area contributed by atoms with Gasteiger partial charge in [0.1, 0.15) is 11.5 Å². The molecule has 0 saturated carbocycles. The first-order valence-corrected chi connectivity index (χ1v) is 9.57. The van der Waals surface area contributed by atoms with Crippen molar-refractivity contribution >= 4 is 17.3 Å². The molecule has 0 bridgehead atoms. The molecule has 152 valence electrons. The van der Waals surface area contributed by atoms with E-state index in [1.54, 1.807) is 32.4 Å². The van der Waals surface area contributed by atoms with E-state index in [9.17, 15) is 9.90 Å². The maximum atomic E-state index is 12.3. The van der Waals surface area contributed by atoms with Crippen molar-refractivity contribution in [3.63, 3.8) is 0 Å². The molecule has 0 aliphatic heterocycles. The smallest absolute Gasteiger partial charge is 0.224 e. The number of rotatable bonds is 10. The molecular formula is C22H30N2O4. The summed E-state index contributed by atoms with van der Waals surface area (Å²) in [6.07, 6.45) is -0.295. The van der Waals surface area contributed by atoms with Gasteiger partial charge in [-0.15, -0.1) is 0 Å². The van der Waals surface area contributed by atoms with Gasteiger partial charge in [-0.2, -0.15) is 0 Å². The third-order valence-corrected chi connectivity index (χ3v) is 4.72. The standard InChI is InChI=1S/C22H30N2O4/c1-5-24(6-2)17-9-7-16(8-10-17)23-22(26)14-13-20(25)19-12-11-18(27-3)15-21(19)28-4/h7-12,15,20,25H,5-6,13-14H2,1-4H3,(H,23,26). The molecule has 0 spiro atoms. The molecule has 1 amide bonds. The van der Waals surface area contributed by atoms with Crippen LogP contribution in [0.1, 0.15) is 38.4 Å². The average Bonchev–Trinajstić information content (AvgIpc) is 2.73. The van der Waals surface area contributed by atoms with Gasteiger partial charge in [-0.1, -0.05) is 0 Å². The minimum Gasteiger partial charge on any atom is -0.497 e. The molecule has 0 aromatic heterocycles. The summed E-state index contributed by atoms with van der Waals surface area (Å²) in [6.45, 7) is 6.11. The largest absolute Gasteiger partial charge is 0.497 e. The van der Waals surface area contributed by atoms with E-state index in [1.807, 2.05) is 24.3 Å². The predicted molar refractivity (Wildman–Crippen MR) is 112 cm³/mol. The molecule has 28 heavy (non-hydrogen) atoms. The number of nitrogens with one attached hydrogen (secondary N) is 1. The fourth-order valence-corrected chi connectivity index (χ4v) is 3.08. The number of hydrogen-bond acceptors (Lipinski definition) is 5. The van der Waals surface area contributed by atoms with Crippen molar-refractivity contribution in [1.29, 1.82) is 0 Å². The second-order valence-electron chi connectivity index (χ2n) is 6.43.